The third-order valence-electron chi connectivity index (χ3n) is 3.88. The van der Waals surface area contributed by atoms with Crippen molar-refractivity contribution in [2.75, 3.05) is 0 Å². The van der Waals surface area contributed by atoms with Crippen LogP contribution in [0.1, 0.15) is 34.7 Å². The van der Waals surface area contributed by atoms with Gasteiger partial charge in [0.15, 0.2) is 12.3 Å². The largest absolute Gasteiger partial charge is 0.418 e. The summed E-state index contributed by atoms with van der Waals surface area (Å²) in [7, 11) is 0. The van der Waals surface area contributed by atoms with Gasteiger partial charge in [-0.05, 0) is 18.2 Å². The molecule has 24 heavy (non-hydrogen) atoms. The predicted octanol–water partition coefficient (Wildman–Crippen LogP) is 4.42. The molecule has 3 atom stereocenters. The molecule has 1 aromatic carbocycles. The zero-order valence-electron chi connectivity index (χ0n) is 11.7. The Labute approximate surface area is 137 Å². The number of hydrogen-bond acceptors (Lipinski definition) is 2. The van der Waals surface area contributed by atoms with Gasteiger partial charge in [-0.1, -0.05) is 11.6 Å². The number of aliphatic hydroxyl groups excluding tert-OH is 1. The quantitative estimate of drug-likeness (QED) is 0.764. The molecule has 0 aliphatic heterocycles. The van der Waals surface area contributed by atoms with Crippen molar-refractivity contribution >= 4 is 11.6 Å². The summed E-state index contributed by atoms with van der Waals surface area (Å²) in [6.07, 6.45) is -11.4. The van der Waals surface area contributed by atoms with E-state index in [1.807, 2.05) is 0 Å². The average molecular weight is 363 g/mol. The number of hydrogen-bond donors (Lipinski definition) is 1. The Morgan fingerprint density at radius 2 is 1.92 bits per heavy atom. The molecule has 3 unspecified atom stereocenters. The average Bonchev–Trinajstić information content (AvgIpc) is 3.01. The van der Waals surface area contributed by atoms with Gasteiger partial charge in [0.25, 0.3) is 0 Å². The molecule has 0 saturated heterocycles. The van der Waals surface area contributed by atoms with Crippen LogP contribution in [0.2, 0.25) is 5.02 Å². The van der Waals surface area contributed by atoms with Crippen LogP contribution in [-0.2, 0) is 6.18 Å². The SMILES string of the molecule is N#Cc1cc(-n2cc(C(F)(F)F)c3c2C(F)C(F)C3O)ccc1Cl. The molecular weight excluding hydrogens is 355 g/mol. The highest BCUT2D eigenvalue weighted by Crippen LogP contribution is 2.50. The monoisotopic (exact) mass is 362 g/mol. The molecule has 3 rings (SSSR count). The van der Waals surface area contributed by atoms with Crippen molar-refractivity contribution in [2.45, 2.75) is 24.6 Å². The van der Waals surface area contributed by atoms with Gasteiger partial charge in [-0.2, -0.15) is 18.4 Å². The lowest BCUT2D eigenvalue weighted by Crippen LogP contribution is -2.15. The van der Waals surface area contributed by atoms with Gasteiger partial charge >= 0.3 is 6.18 Å². The zero-order chi connectivity index (χ0) is 17.8. The number of nitriles is 1. The molecule has 2 aromatic rings. The predicted molar refractivity (Wildman–Crippen MR) is 74.2 cm³/mol. The Kier molecular flexibility index (Phi) is 3.81. The Hall–Kier alpha value is -2.11. The van der Waals surface area contributed by atoms with E-state index in [4.69, 9.17) is 16.9 Å². The summed E-state index contributed by atoms with van der Waals surface area (Å²) in [4.78, 5) is 0. The first kappa shape index (κ1) is 16.7. The van der Waals surface area contributed by atoms with E-state index in [0.717, 1.165) is 10.6 Å². The van der Waals surface area contributed by atoms with Crippen molar-refractivity contribution in [3.63, 3.8) is 0 Å². The summed E-state index contributed by atoms with van der Waals surface area (Å²) in [5.74, 6) is 0. The Morgan fingerprint density at radius 3 is 2.50 bits per heavy atom. The summed E-state index contributed by atoms with van der Waals surface area (Å²) in [5.41, 5.74) is -2.78. The molecule has 1 N–H and O–H groups in total. The summed E-state index contributed by atoms with van der Waals surface area (Å²) in [6, 6.07) is 5.45. The minimum atomic E-state index is -4.90. The first-order valence-corrected chi connectivity index (χ1v) is 7.03. The van der Waals surface area contributed by atoms with Crippen molar-refractivity contribution in [1.82, 2.24) is 4.57 Å². The molecule has 0 fully saturated rings. The first-order chi connectivity index (χ1) is 11.2. The number of aliphatic hydroxyl groups is 1. The fourth-order valence-electron chi connectivity index (χ4n) is 2.79. The smallest absolute Gasteiger partial charge is 0.385 e. The van der Waals surface area contributed by atoms with E-state index in [2.05, 4.69) is 0 Å². The van der Waals surface area contributed by atoms with Crippen LogP contribution in [0.3, 0.4) is 0 Å². The molecule has 0 spiro atoms. The van der Waals surface area contributed by atoms with E-state index >= 15 is 0 Å². The molecule has 1 heterocycles. The molecule has 3 nitrogen and oxygen atoms in total. The fourth-order valence-corrected chi connectivity index (χ4v) is 2.95. The van der Waals surface area contributed by atoms with Crippen LogP contribution in [0.25, 0.3) is 5.69 Å². The maximum atomic E-state index is 14.2. The number of aromatic nitrogens is 1. The number of alkyl halides is 5. The molecule has 0 radical (unpaired) electrons. The standard InChI is InChI=1S/C15H8ClF5N2O/c16-9-2-1-7(3-6(9)4-22)23-5-8(15(19,20)21)10-13(23)11(17)12(18)14(10)24/h1-3,5,11-12,14,24H. The van der Waals surface area contributed by atoms with Crippen LogP contribution in [0.5, 0.6) is 0 Å². The highest BCUT2D eigenvalue weighted by atomic mass is 35.5. The zero-order valence-corrected chi connectivity index (χ0v) is 12.4. The maximum Gasteiger partial charge on any atom is 0.418 e. The van der Waals surface area contributed by atoms with Crippen molar-refractivity contribution in [3.8, 4) is 11.8 Å². The Bertz CT molecular complexity index is 855. The van der Waals surface area contributed by atoms with Gasteiger partial charge in [0.1, 0.15) is 12.2 Å². The van der Waals surface area contributed by atoms with Gasteiger partial charge in [0.2, 0.25) is 0 Å². The molecule has 0 amide bonds. The van der Waals surface area contributed by atoms with E-state index in [1.54, 1.807) is 6.07 Å². The minimum absolute atomic E-state index is 0.00616. The highest BCUT2D eigenvalue weighted by Gasteiger charge is 2.50. The number of rotatable bonds is 1. The minimum Gasteiger partial charge on any atom is -0.385 e. The topological polar surface area (TPSA) is 49.0 Å². The van der Waals surface area contributed by atoms with Crippen LogP contribution in [0, 0.1) is 11.3 Å². The second kappa shape index (κ2) is 5.46. The molecule has 1 aliphatic rings. The Balaban J connectivity index is 2.28. The second-order valence-corrected chi connectivity index (χ2v) is 5.68. The van der Waals surface area contributed by atoms with E-state index in [0.29, 0.717) is 6.20 Å². The van der Waals surface area contributed by atoms with Crippen LogP contribution in [0.15, 0.2) is 24.4 Å². The fraction of sp³-hybridized carbons (Fsp3) is 0.267. The van der Waals surface area contributed by atoms with E-state index in [9.17, 15) is 27.1 Å². The van der Waals surface area contributed by atoms with Crippen LogP contribution >= 0.6 is 11.6 Å². The molecule has 9 heteroatoms. The Morgan fingerprint density at radius 1 is 1.25 bits per heavy atom. The maximum absolute atomic E-state index is 14.2. The lowest BCUT2D eigenvalue weighted by molar-refractivity contribution is -0.139. The van der Waals surface area contributed by atoms with E-state index in [1.165, 1.54) is 12.1 Å². The number of halogens is 6. The lowest BCUT2D eigenvalue weighted by Gasteiger charge is -2.13. The van der Waals surface area contributed by atoms with Gasteiger partial charge in [0.05, 0.1) is 21.8 Å². The molecule has 1 aromatic heterocycles. The lowest BCUT2D eigenvalue weighted by atomic mass is 10.1. The second-order valence-electron chi connectivity index (χ2n) is 5.28. The van der Waals surface area contributed by atoms with Gasteiger partial charge in [-0.25, -0.2) is 8.78 Å². The molecule has 0 bridgehead atoms. The first-order valence-electron chi connectivity index (χ1n) is 6.65. The van der Waals surface area contributed by atoms with Crippen LogP contribution in [-0.4, -0.2) is 15.8 Å². The third kappa shape index (κ3) is 2.36. The van der Waals surface area contributed by atoms with Crippen molar-refractivity contribution < 1.29 is 27.1 Å². The molecule has 126 valence electrons. The van der Waals surface area contributed by atoms with Crippen LogP contribution in [0.4, 0.5) is 22.0 Å². The van der Waals surface area contributed by atoms with Crippen molar-refractivity contribution in [2.24, 2.45) is 0 Å². The van der Waals surface area contributed by atoms with Gasteiger partial charge in [-0.3, -0.25) is 0 Å². The van der Waals surface area contributed by atoms with Crippen LogP contribution < -0.4 is 0 Å². The molecule has 0 saturated carbocycles. The summed E-state index contributed by atoms with van der Waals surface area (Å²) in [5, 5.41) is 18.7. The van der Waals surface area contributed by atoms with E-state index < -0.39 is 41.4 Å². The number of nitrogens with zero attached hydrogens (tertiary/aromatic N) is 2. The normalized spacial score (nSPS) is 23.2. The van der Waals surface area contributed by atoms with Gasteiger partial charge in [0, 0.05) is 17.4 Å². The highest BCUT2D eigenvalue weighted by molar-refractivity contribution is 6.31. The summed E-state index contributed by atoms with van der Waals surface area (Å²) >= 11 is 5.77. The summed E-state index contributed by atoms with van der Waals surface area (Å²) in [6.45, 7) is 0. The summed E-state index contributed by atoms with van der Waals surface area (Å²) < 4.78 is 68.2. The number of benzene rings is 1. The van der Waals surface area contributed by atoms with Gasteiger partial charge in [-0.15, -0.1) is 0 Å². The van der Waals surface area contributed by atoms with Gasteiger partial charge < -0.3 is 9.67 Å². The van der Waals surface area contributed by atoms with E-state index in [-0.39, 0.29) is 16.3 Å². The van der Waals surface area contributed by atoms with Crippen molar-refractivity contribution in [1.29, 1.82) is 5.26 Å². The molecule has 1 aliphatic carbocycles. The third-order valence-corrected chi connectivity index (χ3v) is 4.21. The number of fused-ring (bicyclic) bond motifs is 1. The molecular formula is C15H8ClF5N2O. The van der Waals surface area contributed by atoms with Crippen molar-refractivity contribution in [3.05, 3.63) is 51.8 Å².